The lowest BCUT2D eigenvalue weighted by Gasteiger charge is -2.22. The third-order valence-electron chi connectivity index (χ3n) is 4.42. The fourth-order valence-corrected chi connectivity index (χ4v) is 2.88. The van der Waals surface area contributed by atoms with Crippen LogP contribution < -0.4 is 10.6 Å². The third-order valence-corrected chi connectivity index (χ3v) is 4.42. The van der Waals surface area contributed by atoms with Gasteiger partial charge < -0.3 is 10.6 Å². The van der Waals surface area contributed by atoms with E-state index in [4.69, 9.17) is 0 Å². The highest BCUT2D eigenvalue weighted by molar-refractivity contribution is 6.01. The van der Waals surface area contributed by atoms with E-state index in [-0.39, 0.29) is 17.7 Å². The molecule has 6 heteroatoms. The van der Waals surface area contributed by atoms with Crippen LogP contribution >= 0.6 is 0 Å². The maximum atomic E-state index is 12.8. The van der Waals surface area contributed by atoms with E-state index in [1.807, 2.05) is 69.4 Å². The Balaban J connectivity index is 1.68. The van der Waals surface area contributed by atoms with E-state index in [0.717, 1.165) is 11.3 Å². The van der Waals surface area contributed by atoms with Crippen molar-refractivity contribution in [2.75, 3.05) is 5.32 Å². The number of aromatic nitrogens is 2. The first-order chi connectivity index (χ1) is 13.4. The van der Waals surface area contributed by atoms with Gasteiger partial charge in [0.1, 0.15) is 6.04 Å². The lowest BCUT2D eigenvalue weighted by atomic mass is 10.0. The normalized spacial score (nSPS) is 11.9. The molecular weight excluding hydrogens is 352 g/mol. The average Bonchev–Trinajstić information content (AvgIpc) is 3.21. The first kappa shape index (κ1) is 19.4. The van der Waals surface area contributed by atoms with Gasteiger partial charge in [-0.3, -0.25) is 9.59 Å². The number of amides is 2. The predicted molar refractivity (Wildman–Crippen MR) is 109 cm³/mol. The molecule has 1 atom stereocenters. The highest BCUT2D eigenvalue weighted by Gasteiger charge is 2.24. The van der Waals surface area contributed by atoms with E-state index in [1.54, 1.807) is 23.0 Å². The summed E-state index contributed by atoms with van der Waals surface area (Å²) in [7, 11) is 0. The van der Waals surface area contributed by atoms with Gasteiger partial charge in [0, 0.05) is 23.6 Å². The van der Waals surface area contributed by atoms with Gasteiger partial charge in [-0.1, -0.05) is 31.5 Å². The molecule has 0 bridgehead atoms. The minimum atomic E-state index is -0.640. The van der Waals surface area contributed by atoms with E-state index in [0.29, 0.717) is 11.3 Å². The molecule has 0 saturated carbocycles. The molecule has 3 rings (SSSR count). The molecule has 2 aromatic carbocycles. The first-order valence-corrected chi connectivity index (χ1v) is 9.22. The molecule has 0 fully saturated rings. The Kier molecular flexibility index (Phi) is 5.89. The minimum Gasteiger partial charge on any atom is -0.340 e. The number of rotatable bonds is 6. The maximum Gasteiger partial charge on any atom is 0.251 e. The maximum absolute atomic E-state index is 12.8. The van der Waals surface area contributed by atoms with Crippen LogP contribution in [0.3, 0.4) is 0 Å². The van der Waals surface area contributed by atoms with E-state index in [9.17, 15) is 9.59 Å². The van der Waals surface area contributed by atoms with Crippen molar-refractivity contribution < 1.29 is 9.59 Å². The van der Waals surface area contributed by atoms with Gasteiger partial charge in [0.05, 0.1) is 5.69 Å². The van der Waals surface area contributed by atoms with Crippen LogP contribution in [0.5, 0.6) is 0 Å². The Bertz CT molecular complexity index is 947. The number of hydrogen-bond donors (Lipinski definition) is 2. The molecule has 144 valence electrons. The van der Waals surface area contributed by atoms with Crippen molar-refractivity contribution in [2.45, 2.75) is 26.8 Å². The Morgan fingerprint density at radius 3 is 2.39 bits per heavy atom. The second-order valence-electron chi connectivity index (χ2n) is 7.05. The number of nitrogens with zero attached hydrogens (tertiary/aromatic N) is 2. The number of benzene rings is 2. The van der Waals surface area contributed by atoms with Crippen LogP contribution in [0.1, 0.15) is 29.8 Å². The summed E-state index contributed by atoms with van der Waals surface area (Å²) in [5.74, 6) is -0.563. The van der Waals surface area contributed by atoms with Crippen LogP contribution in [0.2, 0.25) is 0 Å². The van der Waals surface area contributed by atoms with Crippen molar-refractivity contribution in [3.05, 3.63) is 78.1 Å². The summed E-state index contributed by atoms with van der Waals surface area (Å²) >= 11 is 0. The summed E-state index contributed by atoms with van der Waals surface area (Å²) in [5, 5.41) is 9.91. The smallest absolute Gasteiger partial charge is 0.251 e. The van der Waals surface area contributed by atoms with Crippen LogP contribution in [0.4, 0.5) is 5.69 Å². The van der Waals surface area contributed by atoms with Crippen LogP contribution in [-0.2, 0) is 4.79 Å². The Morgan fingerprint density at radius 2 is 1.79 bits per heavy atom. The number of aryl methyl sites for hydroxylation is 1. The molecule has 1 aromatic heterocycles. The van der Waals surface area contributed by atoms with E-state index >= 15 is 0 Å². The quantitative estimate of drug-likeness (QED) is 0.690. The monoisotopic (exact) mass is 376 g/mol. The SMILES string of the molecule is Cc1cccc(C(=O)N[C@@H](C(=O)Nc2ccc(-n3cccn3)cc2)C(C)C)c1. The summed E-state index contributed by atoms with van der Waals surface area (Å²) in [6.45, 7) is 5.74. The fourth-order valence-electron chi connectivity index (χ4n) is 2.88. The second-order valence-corrected chi connectivity index (χ2v) is 7.05. The summed E-state index contributed by atoms with van der Waals surface area (Å²) in [5.41, 5.74) is 3.10. The molecule has 0 aliphatic rings. The first-order valence-electron chi connectivity index (χ1n) is 9.22. The van der Waals surface area contributed by atoms with Gasteiger partial charge in [-0.2, -0.15) is 5.10 Å². The van der Waals surface area contributed by atoms with Gasteiger partial charge in [-0.05, 0) is 55.3 Å². The van der Waals surface area contributed by atoms with Gasteiger partial charge in [0.25, 0.3) is 5.91 Å². The Hall–Kier alpha value is -3.41. The Morgan fingerprint density at radius 1 is 1.04 bits per heavy atom. The van der Waals surface area contributed by atoms with Crippen molar-refractivity contribution in [1.29, 1.82) is 0 Å². The van der Waals surface area contributed by atoms with Crippen LogP contribution in [0.25, 0.3) is 5.69 Å². The summed E-state index contributed by atoms with van der Waals surface area (Å²) in [4.78, 5) is 25.3. The van der Waals surface area contributed by atoms with Gasteiger partial charge >= 0.3 is 0 Å². The van der Waals surface area contributed by atoms with Crippen LogP contribution in [0, 0.1) is 12.8 Å². The van der Waals surface area contributed by atoms with Crippen molar-refractivity contribution in [3.8, 4) is 5.69 Å². The topological polar surface area (TPSA) is 76.0 Å². The molecule has 0 unspecified atom stereocenters. The summed E-state index contributed by atoms with van der Waals surface area (Å²) in [6, 6.07) is 15.9. The van der Waals surface area contributed by atoms with E-state index < -0.39 is 6.04 Å². The zero-order valence-corrected chi connectivity index (χ0v) is 16.2. The van der Waals surface area contributed by atoms with Crippen molar-refractivity contribution >= 4 is 17.5 Å². The molecule has 3 aromatic rings. The molecule has 0 radical (unpaired) electrons. The molecule has 6 nitrogen and oxygen atoms in total. The van der Waals surface area contributed by atoms with Gasteiger partial charge in [-0.25, -0.2) is 4.68 Å². The average molecular weight is 376 g/mol. The number of carbonyl (C=O) groups excluding carboxylic acids is 2. The zero-order valence-electron chi connectivity index (χ0n) is 16.2. The summed E-state index contributed by atoms with van der Waals surface area (Å²) in [6.07, 6.45) is 3.56. The molecule has 0 aliphatic carbocycles. The van der Waals surface area contributed by atoms with Crippen molar-refractivity contribution in [1.82, 2.24) is 15.1 Å². The number of nitrogens with one attached hydrogen (secondary N) is 2. The highest BCUT2D eigenvalue weighted by atomic mass is 16.2. The predicted octanol–water partition coefficient (Wildman–Crippen LogP) is 3.57. The number of hydrogen-bond acceptors (Lipinski definition) is 3. The van der Waals surface area contributed by atoms with Gasteiger partial charge in [0.2, 0.25) is 5.91 Å². The molecule has 2 amide bonds. The minimum absolute atomic E-state index is 0.0582. The van der Waals surface area contributed by atoms with E-state index in [1.165, 1.54) is 0 Å². The largest absolute Gasteiger partial charge is 0.340 e. The molecule has 0 saturated heterocycles. The van der Waals surface area contributed by atoms with Crippen LogP contribution in [-0.4, -0.2) is 27.6 Å². The molecule has 1 heterocycles. The Labute approximate surface area is 164 Å². The number of carbonyl (C=O) groups is 2. The van der Waals surface area contributed by atoms with Gasteiger partial charge in [-0.15, -0.1) is 0 Å². The van der Waals surface area contributed by atoms with E-state index in [2.05, 4.69) is 15.7 Å². The summed E-state index contributed by atoms with van der Waals surface area (Å²) < 4.78 is 1.74. The van der Waals surface area contributed by atoms with Crippen LogP contribution in [0.15, 0.2) is 67.0 Å². The number of anilines is 1. The molecular formula is C22H24N4O2. The van der Waals surface area contributed by atoms with Gasteiger partial charge in [0.15, 0.2) is 0 Å². The van der Waals surface area contributed by atoms with Crippen molar-refractivity contribution in [3.63, 3.8) is 0 Å². The lowest BCUT2D eigenvalue weighted by molar-refractivity contribution is -0.118. The second kappa shape index (κ2) is 8.52. The highest BCUT2D eigenvalue weighted by Crippen LogP contribution is 2.14. The molecule has 2 N–H and O–H groups in total. The lowest BCUT2D eigenvalue weighted by Crippen LogP contribution is -2.47. The third kappa shape index (κ3) is 4.65. The fraction of sp³-hybridized carbons (Fsp3) is 0.227. The van der Waals surface area contributed by atoms with Crippen molar-refractivity contribution in [2.24, 2.45) is 5.92 Å². The molecule has 0 spiro atoms. The zero-order chi connectivity index (χ0) is 20.1. The molecule has 0 aliphatic heterocycles. The molecule has 28 heavy (non-hydrogen) atoms. The standard InChI is InChI=1S/C22H24N4O2/c1-15(2)20(25-21(27)17-7-4-6-16(3)14-17)22(28)24-18-8-10-19(11-9-18)26-13-5-12-23-26/h4-15,20H,1-3H3,(H,24,28)(H,25,27)/t20-/m1/s1.